The minimum atomic E-state index is -1.06. The zero-order chi connectivity index (χ0) is 17.0. The van der Waals surface area contributed by atoms with Crippen molar-refractivity contribution >= 4 is 28.9 Å². The van der Waals surface area contributed by atoms with Crippen molar-refractivity contribution in [3.8, 4) is 0 Å². The van der Waals surface area contributed by atoms with Gasteiger partial charge in [0.1, 0.15) is 11.7 Å². The smallest absolute Gasteiger partial charge is 0.326 e. The summed E-state index contributed by atoms with van der Waals surface area (Å²) in [6.45, 7) is 1.94. The molecule has 8 nitrogen and oxygen atoms in total. The lowest BCUT2D eigenvalue weighted by molar-refractivity contribution is -0.384. The Hall–Kier alpha value is -2.64. The maximum Gasteiger partial charge on any atom is 0.326 e. The molecule has 1 heterocycles. The highest BCUT2D eigenvalue weighted by atomic mass is 16.6. The molecule has 1 amide bonds. The summed E-state index contributed by atoms with van der Waals surface area (Å²) in [6.07, 6.45) is 2.60. The highest BCUT2D eigenvalue weighted by Gasteiger charge is 2.25. The molecular formula is C15H19N3O5. The van der Waals surface area contributed by atoms with E-state index in [2.05, 4.69) is 10.6 Å². The number of nitrogens with zero attached hydrogens (tertiary/aromatic N) is 1. The number of nitro benzene ring substituents is 1. The number of anilines is 2. The Labute approximate surface area is 133 Å². The van der Waals surface area contributed by atoms with Crippen LogP contribution in [0.1, 0.15) is 38.2 Å². The Morgan fingerprint density at radius 3 is 2.83 bits per heavy atom. The molecule has 0 aromatic heterocycles. The second-order valence-corrected chi connectivity index (χ2v) is 5.51. The molecule has 0 fully saturated rings. The van der Waals surface area contributed by atoms with Gasteiger partial charge in [-0.1, -0.05) is 19.8 Å². The number of benzene rings is 1. The van der Waals surface area contributed by atoms with Gasteiger partial charge >= 0.3 is 5.97 Å². The van der Waals surface area contributed by atoms with Gasteiger partial charge in [0.2, 0.25) is 5.91 Å². The molecule has 0 radical (unpaired) electrons. The fourth-order valence-corrected chi connectivity index (χ4v) is 2.54. The van der Waals surface area contributed by atoms with Crippen LogP contribution in [0.15, 0.2) is 12.1 Å². The second-order valence-electron chi connectivity index (χ2n) is 5.51. The van der Waals surface area contributed by atoms with Crippen molar-refractivity contribution in [3.63, 3.8) is 0 Å². The average molecular weight is 321 g/mol. The van der Waals surface area contributed by atoms with Crippen molar-refractivity contribution < 1.29 is 19.6 Å². The molecule has 0 spiro atoms. The summed E-state index contributed by atoms with van der Waals surface area (Å²) in [4.78, 5) is 33.5. The van der Waals surface area contributed by atoms with Gasteiger partial charge in [0, 0.05) is 18.2 Å². The van der Waals surface area contributed by atoms with Gasteiger partial charge < -0.3 is 15.7 Å². The fraction of sp³-hybridized carbons (Fsp3) is 0.467. The van der Waals surface area contributed by atoms with Crippen LogP contribution in [0.2, 0.25) is 0 Å². The average Bonchev–Trinajstić information content (AvgIpc) is 2.49. The third-order valence-corrected chi connectivity index (χ3v) is 3.79. The minimum Gasteiger partial charge on any atom is -0.480 e. The number of carboxylic acids is 1. The lowest BCUT2D eigenvalue weighted by Crippen LogP contribution is -2.29. The van der Waals surface area contributed by atoms with Crippen LogP contribution in [0.25, 0.3) is 0 Å². The number of hydrogen-bond acceptors (Lipinski definition) is 5. The Kier molecular flexibility index (Phi) is 5.15. The number of hydrogen-bond donors (Lipinski definition) is 3. The highest BCUT2D eigenvalue weighted by Crippen LogP contribution is 2.34. The van der Waals surface area contributed by atoms with Crippen LogP contribution in [0.3, 0.4) is 0 Å². The van der Waals surface area contributed by atoms with E-state index in [1.165, 1.54) is 12.1 Å². The van der Waals surface area contributed by atoms with E-state index in [1.54, 1.807) is 0 Å². The van der Waals surface area contributed by atoms with Crippen molar-refractivity contribution in [1.82, 2.24) is 0 Å². The van der Waals surface area contributed by atoms with Crippen LogP contribution in [0.5, 0.6) is 0 Å². The molecule has 1 aliphatic heterocycles. The predicted octanol–water partition coefficient (Wildman–Crippen LogP) is 2.53. The zero-order valence-electron chi connectivity index (χ0n) is 12.8. The zero-order valence-corrected chi connectivity index (χ0v) is 12.8. The molecule has 124 valence electrons. The second kappa shape index (κ2) is 7.08. The molecule has 1 unspecified atom stereocenters. The van der Waals surface area contributed by atoms with Crippen molar-refractivity contribution in [2.24, 2.45) is 0 Å². The molecule has 2 rings (SSSR count). The molecule has 8 heteroatoms. The Balaban J connectivity index is 2.35. The van der Waals surface area contributed by atoms with Crippen LogP contribution in [0.4, 0.5) is 17.1 Å². The Morgan fingerprint density at radius 1 is 1.48 bits per heavy atom. The van der Waals surface area contributed by atoms with Gasteiger partial charge in [-0.3, -0.25) is 14.9 Å². The third kappa shape index (κ3) is 3.97. The maximum absolute atomic E-state index is 11.5. The van der Waals surface area contributed by atoms with Crippen LogP contribution >= 0.6 is 0 Å². The summed E-state index contributed by atoms with van der Waals surface area (Å²) in [5, 5.41) is 25.9. The number of fused-ring (bicyclic) bond motifs is 1. The lowest BCUT2D eigenvalue weighted by atomic mass is 10.0. The number of nitrogens with one attached hydrogen (secondary N) is 2. The van der Waals surface area contributed by atoms with Gasteiger partial charge in [0.25, 0.3) is 5.69 Å². The van der Waals surface area contributed by atoms with E-state index in [1.807, 2.05) is 6.92 Å². The number of aryl methyl sites for hydroxylation is 1. The lowest BCUT2D eigenvalue weighted by Gasteiger charge is -2.20. The van der Waals surface area contributed by atoms with E-state index in [4.69, 9.17) is 0 Å². The predicted molar refractivity (Wildman–Crippen MR) is 84.6 cm³/mol. The number of carbonyl (C=O) groups excluding carboxylic acids is 1. The van der Waals surface area contributed by atoms with Crippen molar-refractivity contribution in [1.29, 1.82) is 0 Å². The number of unbranched alkanes of at least 4 members (excludes halogenated alkanes) is 1. The van der Waals surface area contributed by atoms with Crippen molar-refractivity contribution in [2.45, 2.75) is 45.1 Å². The number of carbonyl (C=O) groups is 2. The summed E-state index contributed by atoms with van der Waals surface area (Å²) in [5.74, 6) is -1.22. The molecule has 1 atom stereocenters. The van der Waals surface area contributed by atoms with Gasteiger partial charge in [-0.2, -0.15) is 0 Å². The number of rotatable bonds is 7. The minimum absolute atomic E-state index is 0.111. The Bertz CT molecular complexity index is 644. The van der Waals surface area contributed by atoms with Crippen LogP contribution in [0, 0.1) is 10.1 Å². The van der Waals surface area contributed by atoms with Gasteiger partial charge in [0.15, 0.2) is 0 Å². The van der Waals surface area contributed by atoms with Gasteiger partial charge in [-0.05, 0) is 24.5 Å². The van der Waals surface area contributed by atoms with Crippen molar-refractivity contribution in [2.75, 3.05) is 10.6 Å². The summed E-state index contributed by atoms with van der Waals surface area (Å²) in [7, 11) is 0. The summed E-state index contributed by atoms with van der Waals surface area (Å²) < 4.78 is 0. The molecule has 0 saturated heterocycles. The summed E-state index contributed by atoms with van der Waals surface area (Å²) >= 11 is 0. The molecule has 23 heavy (non-hydrogen) atoms. The molecular weight excluding hydrogens is 302 g/mol. The topological polar surface area (TPSA) is 122 Å². The SMILES string of the molecule is CCCCC(Nc1cc2c(cc1[N+](=O)[O-])CCC(=O)N2)C(=O)O. The van der Waals surface area contributed by atoms with Gasteiger partial charge in [-0.25, -0.2) is 4.79 Å². The molecule has 0 saturated carbocycles. The largest absolute Gasteiger partial charge is 0.480 e. The number of nitro groups is 1. The first-order valence-corrected chi connectivity index (χ1v) is 7.53. The standard InChI is InChI=1S/C15H19N3O5/c1-2-3-4-10(15(20)21)16-12-8-11-9(5-6-14(19)17-11)7-13(12)18(22)23/h7-8,10,16H,2-6H2,1H3,(H,17,19)(H,20,21). The van der Waals surface area contributed by atoms with E-state index in [-0.39, 0.29) is 23.7 Å². The number of aliphatic carboxylic acids is 1. The van der Waals surface area contributed by atoms with E-state index in [9.17, 15) is 24.8 Å². The first-order chi connectivity index (χ1) is 10.9. The quantitative estimate of drug-likeness (QED) is 0.524. The molecule has 0 bridgehead atoms. The van der Waals surface area contributed by atoms with Crippen LogP contribution < -0.4 is 10.6 Å². The number of amides is 1. The van der Waals surface area contributed by atoms with Crippen molar-refractivity contribution in [3.05, 3.63) is 27.8 Å². The van der Waals surface area contributed by atoms with E-state index < -0.39 is 16.9 Å². The fourth-order valence-electron chi connectivity index (χ4n) is 2.54. The monoisotopic (exact) mass is 321 g/mol. The van der Waals surface area contributed by atoms with E-state index >= 15 is 0 Å². The van der Waals surface area contributed by atoms with E-state index in [0.717, 1.165) is 6.42 Å². The first-order valence-electron chi connectivity index (χ1n) is 7.53. The molecule has 1 aliphatic rings. The Morgan fingerprint density at radius 2 is 2.22 bits per heavy atom. The summed E-state index contributed by atoms with van der Waals surface area (Å²) in [6, 6.07) is 1.94. The maximum atomic E-state index is 11.5. The first kappa shape index (κ1) is 16.7. The van der Waals surface area contributed by atoms with E-state index in [0.29, 0.717) is 30.5 Å². The third-order valence-electron chi connectivity index (χ3n) is 3.79. The number of carboxylic acid groups (broad SMARTS) is 1. The molecule has 1 aromatic rings. The van der Waals surface area contributed by atoms with Gasteiger partial charge in [-0.15, -0.1) is 0 Å². The highest BCUT2D eigenvalue weighted by molar-refractivity contribution is 5.95. The summed E-state index contributed by atoms with van der Waals surface area (Å²) in [5.41, 5.74) is 1.11. The van der Waals surface area contributed by atoms with Crippen LogP contribution in [-0.2, 0) is 16.0 Å². The molecule has 0 aliphatic carbocycles. The van der Waals surface area contributed by atoms with Crippen LogP contribution in [-0.4, -0.2) is 27.9 Å². The van der Waals surface area contributed by atoms with Gasteiger partial charge in [0.05, 0.1) is 4.92 Å². The normalized spacial score (nSPS) is 14.6. The molecule has 3 N–H and O–H groups in total. The molecule has 1 aromatic carbocycles.